The van der Waals surface area contributed by atoms with Gasteiger partial charge in [-0.3, -0.25) is 14.7 Å². The first-order valence-corrected chi connectivity index (χ1v) is 10.9. The normalized spacial score (nSPS) is 14.8. The first kappa shape index (κ1) is 23.7. The predicted octanol–water partition coefficient (Wildman–Crippen LogP) is 4.86. The third-order valence-electron chi connectivity index (χ3n) is 5.87. The van der Waals surface area contributed by atoms with Crippen molar-refractivity contribution in [1.82, 2.24) is 9.88 Å². The zero-order chi connectivity index (χ0) is 24.1. The Balaban J connectivity index is 1.40. The van der Waals surface area contributed by atoms with E-state index in [-0.39, 0.29) is 5.56 Å². The van der Waals surface area contributed by atoms with Crippen molar-refractivity contribution in [2.24, 2.45) is 0 Å². The van der Waals surface area contributed by atoms with E-state index in [1.807, 2.05) is 24.3 Å². The molecule has 1 aromatic heterocycles. The highest BCUT2D eigenvalue weighted by atomic mass is 19.4. The van der Waals surface area contributed by atoms with E-state index in [4.69, 9.17) is 0 Å². The van der Waals surface area contributed by atoms with E-state index in [9.17, 15) is 22.4 Å². The number of para-hydroxylation sites is 2. The van der Waals surface area contributed by atoms with E-state index in [2.05, 4.69) is 20.1 Å². The van der Waals surface area contributed by atoms with Gasteiger partial charge in [0.05, 0.1) is 16.9 Å². The minimum absolute atomic E-state index is 0.260. The fraction of sp³-hybridized carbons (Fsp3) is 0.280. The first-order chi connectivity index (χ1) is 16.3. The van der Waals surface area contributed by atoms with Crippen LogP contribution in [0.15, 0.2) is 67.0 Å². The van der Waals surface area contributed by atoms with Gasteiger partial charge in [0.2, 0.25) is 0 Å². The maximum Gasteiger partial charge on any atom is 0.419 e. The summed E-state index contributed by atoms with van der Waals surface area (Å²) in [4.78, 5) is 21.2. The molecule has 0 bridgehead atoms. The lowest BCUT2D eigenvalue weighted by Gasteiger charge is -2.37. The average Bonchev–Trinajstić information content (AvgIpc) is 2.83. The lowest BCUT2D eigenvalue weighted by atomic mass is 10.1. The molecule has 5 nitrogen and oxygen atoms in total. The molecule has 0 radical (unpaired) electrons. The van der Waals surface area contributed by atoms with Crippen molar-refractivity contribution >= 4 is 17.3 Å². The number of anilines is 2. The molecule has 1 N–H and O–H groups in total. The summed E-state index contributed by atoms with van der Waals surface area (Å²) < 4.78 is 52.7. The number of rotatable bonds is 6. The molecule has 2 heterocycles. The van der Waals surface area contributed by atoms with Crippen molar-refractivity contribution in [3.8, 4) is 0 Å². The van der Waals surface area contributed by atoms with Gasteiger partial charge in [0.15, 0.2) is 0 Å². The SMILES string of the molecule is O=C(Nc1ccccc1N1CCN(CCc2ccncc2)CC1)c1ccc(F)c(C(F)(F)F)c1. The molecule has 1 saturated heterocycles. The van der Waals surface area contributed by atoms with Crippen molar-refractivity contribution in [1.29, 1.82) is 0 Å². The van der Waals surface area contributed by atoms with Gasteiger partial charge in [-0.1, -0.05) is 12.1 Å². The van der Waals surface area contributed by atoms with Crippen molar-refractivity contribution < 1.29 is 22.4 Å². The zero-order valence-electron chi connectivity index (χ0n) is 18.4. The monoisotopic (exact) mass is 472 g/mol. The number of nitrogens with zero attached hydrogens (tertiary/aromatic N) is 3. The Kier molecular flexibility index (Phi) is 7.12. The van der Waals surface area contributed by atoms with Crippen LogP contribution in [-0.4, -0.2) is 48.5 Å². The summed E-state index contributed by atoms with van der Waals surface area (Å²) in [5.41, 5.74) is 0.805. The number of carbonyl (C=O) groups excluding carboxylic acids is 1. The molecule has 0 atom stereocenters. The number of benzene rings is 2. The van der Waals surface area contributed by atoms with Crippen LogP contribution in [0.1, 0.15) is 21.5 Å². The average molecular weight is 472 g/mol. The molecule has 0 aliphatic carbocycles. The molecule has 1 amide bonds. The van der Waals surface area contributed by atoms with Gasteiger partial charge in [-0.15, -0.1) is 0 Å². The van der Waals surface area contributed by atoms with Crippen LogP contribution in [0.3, 0.4) is 0 Å². The second-order valence-electron chi connectivity index (χ2n) is 8.10. The standard InChI is InChI=1S/C25H24F4N4O/c26-21-6-5-19(17-20(21)25(27,28)29)24(34)31-22-3-1-2-4-23(22)33-15-13-32(14-16-33)12-9-18-7-10-30-11-8-18/h1-8,10-11,17H,9,12-16H2,(H,31,34). The summed E-state index contributed by atoms with van der Waals surface area (Å²) >= 11 is 0. The van der Waals surface area contributed by atoms with Crippen molar-refractivity contribution in [3.05, 3.63) is 89.5 Å². The highest BCUT2D eigenvalue weighted by molar-refractivity contribution is 6.06. The molecule has 1 aliphatic heterocycles. The molecule has 178 valence electrons. The van der Waals surface area contributed by atoms with Crippen LogP contribution >= 0.6 is 0 Å². The van der Waals surface area contributed by atoms with Crippen LogP contribution in [-0.2, 0) is 12.6 Å². The number of pyridine rings is 1. The Bertz CT molecular complexity index is 1130. The van der Waals surface area contributed by atoms with Crippen LogP contribution in [0, 0.1) is 5.82 Å². The topological polar surface area (TPSA) is 48.5 Å². The van der Waals surface area contributed by atoms with Crippen LogP contribution in [0.4, 0.5) is 28.9 Å². The minimum Gasteiger partial charge on any atom is -0.367 e. The summed E-state index contributed by atoms with van der Waals surface area (Å²) in [6, 6.07) is 13.4. The molecule has 4 rings (SSSR count). The quantitative estimate of drug-likeness (QED) is 0.521. The van der Waals surface area contributed by atoms with Crippen LogP contribution in [0.25, 0.3) is 0 Å². The lowest BCUT2D eigenvalue weighted by Crippen LogP contribution is -2.47. The highest BCUT2D eigenvalue weighted by Crippen LogP contribution is 2.32. The Morgan fingerprint density at radius 3 is 2.38 bits per heavy atom. The molecule has 0 saturated carbocycles. The van der Waals surface area contributed by atoms with Gasteiger partial charge in [-0.25, -0.2) is 4.39 Å². The van der Waals surface area contributed by atoms with Crippen LogP contribution in [0.5, 0.6) is 0 Å². The fourth-order valence-corrected chi connectivity index (χ4v) is 3.98. The lowest BCUT2D eigenvalue weighted by molar-refractivity contribution is -0.140. The van der Waals surface area contributed by atoms with E-state index in [1.54, 1.807) is 24.5 Å². The second-order valence-corrected chi connectivity index (χ2v) is 8.10. The van der Waals surface area contributed by atoms with Gasteiger partial charge in [-0.2, -0.15) is 13.2 Å². The molecule has 1 fully saturated rings. The number of halogens is 4. The van der Waals surface area contributed by atoms with Crippen LogP contribution in [0.2, 0.25) is 0 Å². The minimum atomic E-state index is -4.88. The number of amides is 1. The Morgan fingerprint density at radius 1 is 0.971 bits per heavy atom. The van der Waals surface area contributed by atoms with E-state index >= 15 is 0 Å². The van der Waals surface area contributed by atoms with Gasteiger partial charge in [-0.05, 0) is 54.4 Å². The van der Waals surface area contributed by atoms with Gasteiger partial charge in [0.25, 0.3) is 5.91 Å². The number of alkyl halides is 3. The number of aromatic nitrogens is 1. The van der Waals surface area contributed by atoms with E-state index in [0.29, 0.717) is 17.8 Å². The Hall–Kier alpha value is -3.46. The number of nitrogens with one attached hydrogen (secondary N) is 1. The number of hydrogen-bond acceptors (Lipinski definition) is 4. The van der Waals surface area contributed by atoms with Crippen LogP contribution < -0.4 is 10.2 Å². The summed E-state index contributed by atoms with van der Waals surface area (Å²) in [6.45, 7) is 4.12. The fourth-order valence-electron chi connectivity index (χ4n) is 3.98. The molecule has 1 aliphatic rings. The zero-order valence-corrected chi connectivity index (χ0v) is 18.4. The largest absolute Gasteiger partial charge is 0.419 e. The maximum atomic E-state index is 13.6. The number of hydrogen-bond donors (Lipinski definition) is 1. The third kappa shape index (κ3) is 5.72. The molecule has 34 heavy (non-hydrogen) atoms. The molecular formula is C25H24F4N4O. The van der Waals surface area contributed by atoms with Crippen molar-refractivity contribution in [2.75, 3.05) is 42.9 Å². The third-order valence-corrected chi connectivity index (χ3v) is 5.87. The van der Waals surface area contributed by atoms with E-state index in [0.717, 1.165) is 50.9 Å². The number of carbonyl (C=O) groups is 1. The van der Waals surface area contributed by atoms with Gasteiger partial charge in [0, 0.05) is 50.7 Å². The van der Waals surface area contributed by atoms with Gasteiger partial charge >= 0.3 is 6.18 Å². The van der Waals surface area contributed by atoms with E-state index < -0.39 is 23.5 Å². The first-order valence-electron chi connectivity index (χ1n) is 10.9. The van der Waals surface area contributed by atoms with Gasteiger partial charge in [0.1, 0.15) is 5.82 Å². The molecule has 9 heteroatoms. The Labute approximate surface area is 195 Å². The summed E-state index contributed by atoms with van der Waals surface area (Å²) in [5.74, 6) is -2.14. The molecule has 0 unspecified atom stereocenters. The highest BCUT2D eigenvalue weighted by Gasteiger charge is 2.34. The van der Waals surface area contributed by atoms with Crippen molar-refractivity contribution in [2.45, 2.75) is 12.6 Å². The maximum absolute atomic E-state index is 13.6. The molecule has 3 aromatic rings. The predicted molar refractivity (Wildman–Crippen MR) is 122 cm³/mol. The van der Waals surface area contributed by atoms with E-state index in [1.165, 1.54) is 5.56 Å². The summed E-state index contributed by atoms with van der Waals surface area (Å²) in [6.07, 6.45) is -0.370. The number of piperazine rings is 1. The molecule has 0 spiro atoms. The smallest absolute Gasteiger partial charge is 0.367 e. The summed E-state index contributed by atoms with van der Waals surface area (Å²) in [7, 11) is 0. The summed E-state index contributed by atoms with van der Waals surface area (Å²) in [5, 5.41) is 2.69. The van der Waals surface area contributed by atoms with Gasteiger partial charge < -0.3 is 10.2 Å². The Morgan fingerprint density at radius 2 is 1.68 bits per heavy atom. The second kappa shape index (κ2) is 10.2. The van der Waals surface area contributed by atoms with Crippen molar-refractivity contribution in [3.63, 3.8) is 0 Å². The molecule has 2 aromatic carbocycles. The molecular weight excluding hydrogens is 448 g/mol.